The van der Waals surface area contributed by atoms with Gasteiger partial charge in [-0.15, -0.1) is 0 Å². The first-order valence-corrected chi connectivity index (χ1v) is 12.3. The number of hydrogen-bond donors (Lipinski definition) is 1. The van der Waals surface area contributed by atoms with Gasteiger partial charge < -0.3 is 19.3 Å². The van der Waals surface area contributed by atoms with Crippen molar-refractivity contribution in [2.75, 3.05) is 25.2 Å². The van der Waals surface area contributed by atoms with E-state index in [1.807, 2.05) is 6.92 Å². The van der Waals surface area contributed by atoms with E-state index in [-0.39, 0.29) is 23.5 Å². The van der Waals surface area contributed by atoms with E-state index >= 15 is 0 Å². The van der Waals surface area contributed by atoms with Gasteiger partial charge in [0.1, 0.15) is 17.3 Å². The van der Waals surface area contributed by atoms with Gasteiger partial charge in [-0.05, 0) is 73.5 Å². The Balaban J connectivity index is 1.84. The fourth-order valence-electron chi connectivity index (χ4n) is 4.28. The molecule has 0 aliphatic carbocycles. The van der Waals surface area contributed by atoms with Crippen molar-refractivity contribution in [2.45, 2.75) is 26.3 Å². The van der Waals surface area contributed by atoms with Gasteiger partial charge in [-0.25, -0.2) is 4.79 Å². The van der Waals surface area contributed by atoms with E-state index in [1.54, 1.807) is 73.7 Å². The molecule has 3 aromatic rings. The summed E-state index contributed by atoms with van der Waals surface area (Å²) in [6.45, 7) is 4.45. The maximum absolute atomic E-state index is 13.4. The summed E-state index contributed by atoms with van der Waals surface area (Å²) < 4.78 is 16.0. The Kier molecular flexibility index (Phi) is 8.11. The summed E-state index contributed by atoms with van der Waals surface area (Å²) in [6.07, 6.45) is 0.852. The monoisotopic (exact) mass is 515 g/mol. The van der Waals surface area contributed by atoms with Crippen molar-refractivity contribution in [1.29, 1.82) is 0 Å². The normalized spacial score (nSPS) is 16.4. The van der Waals surface area contributed by atoms with Crippen LogP contribution in [0, 0.1) is 0 Å². The summed E-state index contributed by atoms with van der Waals surface area (Å²) in [5, 5.41) is 11.3. The first-order valence-electron chi connectivity index (χ1n) is 12.3. The molecule has 0 spiro atoms. The molecule has 0 aromatic heterocycles. The second-order valence-corrected chi connectivity index (χ2v) is 8.59. The molecule has 1 aliphatic rings. The van der Waals surface area contributed by atoms with Gasteiger partial charge in [-0.2, -0.15) is 0 Å². The van der Waals surface area contributed by atoms with Gasteiger partial charge in [0, 0.05) is 11.3 Å². The number of anilines is 1. The van der Waals surface area contributed by atoms with Crippen LogP contribution in [0.5, 0.6) is 11.5 Å². The Morgan fingerprint density at radius 2 is 1.61 bits per heavy atom. The van der Waals surface area contributed by atoms with Crippen molar-refractivity contribution >= 4 is 29.1 Å². The summed E-state index contributed by atoms with van der Waals surface area (Å²) in [5.41, 5.74) is 1.44. The Labute approximate surface area is 221 Å². The molecule has 1 saturated heterocycles. The van der Waals surface area contributed by atoms with Crippen LogP contribution >= 0.6 is 0 Å². The van der Waals surface area contributed by atoms with Crippen LogP contribution in [0.4, 0.5) is 5.69 Å². The highest BCUT2D eigenvalue weighted by atomic mass is 16.5. The lowest BCUT2D eigenvalue weighted by Crippen LogP contribution is -2.29. The summed E-state index contributed by atoms with van der Waals surface area (Å²) in [4.78, 5) is 40.5. The summed E-state index contributed by atoms with van der Waals surface area (Å²) >= 11 is 0. The van der Waals surface area contributed by atoms with Crippen LogP contribution in [0.2, 0.25) is 0 Å². The number of Topliss-reactive ketones (excluding diaryl/α,β-unsaturated/α-hetero) is 1. The Morgan fingerprint density at radius 1 is 0.921 bits per heavy atom. The zero-order chi connectivity index (χ0) is 27.2. The minimum Gasteiger partial charge on any atom is -0.507 e. The Hall–Kier alpha value is -4.59. The van der Waals surface area contributed by atoms with Crippen molar-refractivity contribution in [3.8, 4) is 11.5 Å². The van der Waals surface area contributed by atoms with Crippen molar-refractivity contribution in [2.24, 2.45) is 0 Å². The van der Waals surface area contributed by atoms with Gasteiger partial charge in [0.25, 0.3) is 11.7 Å². The molecule has 196 valence electrons. The molecular formula is C30H29NO7. The molecule has 0 radical (unpaired) electrons. The minimum atomic E-state index is -0.950. The molecule has 1 heterocycles. The zero-order valence-electron chi connectivity index (χ0n) is 21.5. The third kappa shape index (κ3) is 5.25. The molecule has 38 heavy (non-hydrogen) atoms. The quantitative estimate of drug-likeness (QED) is 0.179. The number of carbonyl (C=O) groups is 3. The van der Waals surface area contributed by atoms with E-state index in [0.717, 1.165) is 6.42 Å². The van der Waals surface area contributed by atoms with Gasteiger partial charge in [-0.1, -0.05) is 25.1 Å². The van der Waals surface area contributed by atoms with E-state index in [4.69, 9.17) is 14.2 Å². The zero-order valence-corrected chi connectivity index (χ0v) is 21.5. The Morgan fingerprint density at radius 3 is 2.24 bits per heavy atom. The van der Waals surface area contributed by atoms with Gasteiger partial charge in [0.2, 0.25) is 0 Å². The third-order valence-corrected chi connectivity index (χ3v) is 6.11. The number of carbonyl (C=O) groups excluding carboxylic acids is 3. The molecule has 8 nitrogen and oxygen atoms in total. The number of ether oxygens (including phenoxy) is 3. The largest absolute Gasteiger partial charge is 0.507 e. The maximum atomic E-state index is 13.4. The third-order valence-electron chi connectivity index (χ3n) is 6.11. The number of aliphatic hydroxyl groups excluding tert-OH is 1. The predicted octanol–water partition coefficient (Wildman–Crippen LogP) is 5.29. The van der Waals surface area contributed by atoms with Crippen molar-refractivity contribution in [1.82, 2.24) is 0 Å². The molecule has 1 atom stereocenters. The number of benzene rings is 3. The van der Waals surface area contributed by atoms with E-state index in [0.29, 0.717) is 34.9 Å². The molecule has 1 aliphatic heterocycles. The standard InChI is InChI=1S/C30H29NO7/c1-4-17-38-24-15-11-20(12-16-24)27(32)25-26(19-9-13-23(36-3)14-10-19)31(29(34)28(25)33)22-8-6-7-21(18-22)30(35)37-5-2/h6-16,18,26,32H,4-5,17H2,1-3H3/b27-25+. The average Bonchev–Trinajstić information content (AvgIpc) is 3.22. The second kappa shape index (κ2) is 11.6. The van der Waals surface area contributed by atoms with Crippen LogP contribution in [-0.4, -0.2) is 43.1 Å². The number of aliphatic hydroxyl groups is 1. The van der Waals surface area contributed by atoms with Crippen LogP contribution in [0.3, 0.4) is 0 Å². The molecule has 0 bridgehead atoms. The van der Waals surface area contributed by atoms with Gasteiger partial charge in [0.15, 0.2) is 0 Å². The molecule has 1 fully saturated rings. The molecule has 1 N–H and O–H groups in total. The number of ketones is 1. The fraction of sp³-hybridized carbons (Fsp3) is 0.233. The Bertz CT molecular complexity index is 1360. The number of nitrogens with zero attached hydrogens (tertiary/aromatic N) is 1. The van der Waals surface area contributed by atoms with Gasteiger partial charge in [-0.3, -0.25) is 14.5 Å². The van der Waals surface area contributed by atoms with E-state index in [2.05, 4.69) is 0 Å². The number of amides is 1. The number of rotatable bonds is 9. The molecule has 3 aromatic carbocycles. The summed E-state index contributed by atoms with van der Waals surface area (Å²) in [6, 6.07) is 18.9. The molecule has 0 saturated carbocycles. The lowest BCUT2D eigenvalue weighted by Gasteiger charge is -2.26. The van der Waals surface area contributed by atoms with Crippen molar-refractivity contribution in [3.05, 3.63) is 95.1 Å². The number of hydrogen-bond acceptors (Lipinski definition) is 7. The van der Waals surface area contributed by atoms with Crippen molar-refractivity contribution < 1.29 is 33.7 Å². The van der Waals surface area contributed by atoms with Crippen LogP contribution in [0.1, 0.15) is 47.8 Å². The molecule has 1 unspecified atom stereocenters. The van der Waals surface area contributed by atoms with Crippen molar-refractivity contribution in [3.63, 3.8) is 0 Å². The molecule has 8 heteroatoms. The predicted molar refractivity (Wildman–Crippen MR) is 142 cm³/mol. The highest BCUT2D eigenvalue weighted by Gasteiger charge is 2.47. The highest BCUT2D eigenvalue weighted by molar-refractivity contribution is 6.51. The van der Waals surface area contributed by atoms with Gasteiger partial charge >= 0.3 is 5.97 Å². The minimum absolute atomic E-state index is 0.0658. The summed E-state index contributed by atoms with van der Waals surface area (Å²) in [7, 11) is 1.54. The average molecular weight is 516 g/mol. The molecule has 1 amide bonds. The first kappa shape index (κ1) is 26.5. The second-order valence-electron chi connectivity index (χ2n) is 8.59. The number of esters is 1. The highest BCUT2D eigenvalue weighted by Crippen LogP contribution is 2.42. The SMILES string of the molecule is CCCOc1ccc(/C(O)=C2\C(=O)C(=O)N(c3cccc(C(=O)OCC)c3)C2c2ccc(OC)cc2)cc1. The van der Waals surface area contributed by atoms with Gasteiger partial charge in [0.05, 0.1) is 37.5 Å². The van der Waals surface area contributed by atoms with Crippen LogP contribution in [0.15, 0.2) is 78.4 Å². The van der Waals surface area contributed by atoms with E-state index in [9.17, 15) is 19.5 Å². The molecular weight excluding hydrogens is 486 g/mol. The molecule has 4 rings (SSSR count). The van der Waals surface area contributed by atoms with Crippen LogP contribution in [0.25, 0.3) is 5.76 Å². The topological polar surface area (TPSA) is 102 Å². The van der Waals surface area contributed by atoms with Crippen LogP contribution in [-0.2, 0) is 14.3 Å². The smallest absolute Gasteiger partial charge is 0.338 e. The summed E-state index contributed by atoms with van der Waals surface area (Å²) in [5.74, 6) is -1.29. The lowest BCUT2D eigenvalue weighted by molar-refractivity contribution is -0.132. The van der Waals surface area contributed by atoms with Crippen LogP contribution < -0.4 is 14.4 Å². The first-order chi connectivity index (χ1) is 18.4. The fourth-order valence-corrected chi connectivity index (χ4v) is 4.28. The van der Waals surface area contributed by atoms with E-state index < -0.39 is 23.7 Å². The number of methoxy groups -OCH3 is 1. The lowest BCUT2D eigenvalue weighted by atomic mass is 9.95. The van der Waals surface area contributed by atoms with E-state index in [1.165, 1.54) is 18.1 Å². The maximum Gasteiger partial charge on any atom is 0.338 e.